The van der Waals surface area contributed by atoms with E-state index in [4.69, 9.17) is 0 Å². The first-order valence-electron chi connectivity index (χ1n) is 4.25. The lowest BCUT2D eigenvalue weighted by Crippen LogP contribution is -2.31. The quantitative estimate of drug-likeness (QED) is 0.681. The van der Waals surface area contributed by atoms with E-state index in [1.54, 1.807) is 11.3 Å². The van der Waals surface area contributed by atoms with Crippen molar-refractivity contribution in [2.45, 2.75) is 6.42 Å². The third kappa shape index (κ3) is 4.05. The molecule has 0 spiro atoms. The lowest BCUT2D eigenvalue weighted by Gasteiger charge is -2.02. The van der Waals surface area contributed by atoms with Crippen LogP contribution in [0.3, 0.4) is 0 Å². The molecule has 1 heterocycles. The minimum atomic E-state index is 0.0913. The molecule has 13 heavy (non-hydrogen) atoms. The largest absolute Gasteiger partial charge is 0.355 e. The Kier molecular flexibility index (Phi) is 4.49. The van der Waals surface area contributed by atoms with Crippen LogP contribution in [0.15, 0.2) is 16.8 Å². The van der Waals surface area contributed by atoms with E-state index < -0.39 is 0 Å². The molecule has 0 radical (unpaired) electrons. The molecule has 1 amide bonds. The molecule has 0 saturated heterocycles. The first kappa shape index (κ1) is 10.2. The maximum Gasteiger partial charge on any atom is 0.224 e. The van der Waals surface area contributed by atoms with Gasteiger partial charge in [0.05, 0.1) is 6.42 Å². The van der Waals surface area contributed by atoms with Gasteiger partial charge in [0.15, 0.2) is 0 Å². The number of thiophene rings is 1. The van der Waals surface area contributed by atoms with Crippen molar-refractivity contribution in [1.29, 1.82) is 0 Å². The summed E-state index contributed by atoms with van der Waals surface area (Å²) in [7, 11) is 1.87. The first-order valence-corrected chi connectivity index (χ1v) is 5.19. The van der Waals surface area contributed by atoms with Crippen LogP contribution in [-0.2, 0) is 11.2 Å². The van der Waals surface area contributed by atoms with Gasteiger partial charge in [-0.2, -0.15) is 11.3 Å². The molecule has 0 aliphatic carbocycles. The molecule has 1 aromatic heterocycles. The lowest BCUT2D eigenvalue weighted by atomic mass is 10.2. The van der Waals surface area contributed by atoms with Crippen molar-refractivity contribution in [3.8, 4) is 0 Å². The number of rotatable bonds is 5. The lowest BCUT2D eigenvalue weighted by molar-refractivity contribution is -0.120. The van der Waals surface area contributed by atoms with Crippen molar-refractivity contribution in [3.05, 3.63) is 22.4 Å². The van der Waals surface area contributed by atoms with Crippen LogP contribution in [0, 0.1) is 0 Å². The van der Waals surface area contributed by atoms with Crippen LogP contribution in [0.1, 0.15) is 5.56 Å². The SMILES string of the molecule is CNCCNC(=O)Cc1ccsc1. The molecule has 0 bridgehead atoms. The number of hydrogen-bond donors (Lipinski definition) is 2. The summed E-state index contributed by atoms with van der Waals surface area (Å²) in [5.41, 5.74) is 1.09. The maximum atomic E-state index is 11.3. The van der Waals surface area contributed by atoms with E-state index in [1.807, 2.05) is 23.9 Å². The van der Waals surface area contributed by atoms with Crippen LogP contribution in [0.4, 0.5) is 0 Å². The third-order valence-corrected chi connectivity index (χ3v) is 2.37. The van der Waals surface area contributed by atoms with Crippen LogP contribution in [0.25, 0.3) is 0 Å². The average Bonchev–Trinajstić information content (AvgIpc) is 2.57. The summed E-state index contributed by atoms with van der Waals surface area (Å²) < 4.78 is 0. The maximum absolute atomic E-state index is 11.3. The fourth-order valence-electron chi connectivity index (χ4n) is 0.968. The van der Waals surface area contributed by atoms with Crippen LogP contribution in [0.5, 0.6) is 0 Å². The predicted octanol–water partition coefficient (Wildman–Crippen LogP) is 0.626. The number of carbonyl (C=O) groups is 1. The smallest absolute Gasteiger partial charge is 0.224 e. The molecular formula is C9H14N2OS. The van der Waals surface area contributed by atoms with Crippen molar-refractivity contribution in [2.24, 2.45) is 0 Å². The molecule has 72 valence electrons. The molecule has 4 heteroatoms. The molecular weight excluding hydrogens is 184 g/mol. The number of hydrogen-bond acceptors (Lipinski definition) is 3. The van der Waals surface area contributed by atoms with E-state index in [0.29, 0.717) is 13.0 Å². The molecule has 0 aliphatic heterocycles. The van der Waals surface area contributed by atoms with Crippen molar-refractivity contribution in [2.75, 3.05) is 20.1 Å². The zero-order chi connectivity index (χ0) is 9.52. The Balaban J connectivity index is 2.18. The molecule has 2 N–H and O–H groups in total. The Bertz CT molecular complexity index is 246. The van der Waals surface area contributed by atoms with Crippen LogP contribution >= 0.6 is 11.3 Å². The van der Waals surface area contributed by atoms with Gasteiger partial charge in [-0.3, -0.25) is 4.79 Å². The Morgan fingerprint density at radius 1 is 1.54 bits per heavy atom. The van der Waals surface area contributed by atoms with Gasteiger partial charge in [-0.1, -0.05) is 0 Å². The second kappa shape index (κ2) is 5.72. The topological polar surface area (TPSA) is 41.1 Å². The zero-order valence-electron chi connectivity index (χ0n) is 7.67. The third-order valence-electron chi connectivity index (χ3n) is 1.64. The molecule has 0 aromatic carbocycles. The van der Waals surface area contributed by atoms with Crippen molar-refractivity contribution < 1.29 is 4.79 Å². The molecule has 0 unspecified atom stereocenters. The summed E-state index contributed by atoms with van der Waals surface area (Å²) >= 11 is 1.62. The van der Waals surface area contributed by atoms with Crippen molar-refractivity contribution in [3.63, 3.8) is 0 Å². The standard InChI is InChI=1S/C9H14N2OS/c1-10-3-4-11-9(12)6-8-2-5-13-7-8/h2,5,7,10H,3-4,6H2,1H3,(H,11,12). The number of nitrogens with one attached hydrogen (secondary N) is 2. The van der Waals surface area contributed by atoms with Gasteiger partial charge in [0, 0.05) is 13.1 Å². The second-order valence-corrected chi connectivity index (χ2v) is 3.54. The zero-order valence-corrected chi connectivity index (χ0v) is 8.49. The molecule has 0 saturated carbocycles. The van der Waals surface area contributed by atoms with Crippen LogP contribution < -0.4 is 10.6 Å². The first-order chi connectivity index (χ1) is 6.33. The Morgan fingerprint density at radius 3 is 3.00 bits per heavy atom. The van der Waals surface area contributed by atoms with Gasteiger partial charge in [0.2, 0.25) is 5.91 Å². The van der Waals surface area contributed by atoms with Gasteiger partial charge in [0.1, 0.15) is 0 Å². The minimum Gasteiger partial charge on any atom is -0.355 e. The molecule has 0 aliphatic rings. The normalized spacial score (nSPS) is 9.92. The Labute approximate surface area is 82.2 Å². The summed E-state index contributed by atoms with van der Waals surface area (Å²) in [6, 6.07) is 1.97. The van der Waals surface area contributed by atoms with E-state index in [1.165, 1.54) is 0 Å². The van der Waals surface area contributed by atoms with E-state index in [2.05, 4.69) is 10.6 Å². The van der Waals surface area contributed by atoms with E-state index in [0.717, 1.165) is 12.1 Å². The summed E-state index contributed by atoms with van der Waals surface area (Å²) in [5.74, 6) is 0.0913. The van der Waals surface area contributed by atoms with Gasteiger partial charge >= 0.3 is 0 Å². The van der Waals surface area contributed by atoms with Crippen LogP contribution in [-0.4, -0.2) is 26.0 Å². The Hall–Kier alpha value is -0.870. The highest BCUT2D eigenvalue weighted by atomic mass is 32.1. The molecule has 1 aromatic rings. The van der Waals surface area contributed by atoms with E-state index in [-0.39, 0.29) is 5.91 Å². The van der Waals surface area contributed by atoms with Gasteiger partial charge in [-0.25, -0.2) is 0 Å². The fourth-order valence-corrected chi connectivity index (χ4v) is 1.64. The Morgan fingerprint density at radius 2 is 2.38 bits per heavy atom. The molecule has 1 rings (SSSR count). The van der Waals surface area contributed by atoms with Crippen molar-refractivity contribution >= 4 is 17.2 Å². The highest BCUT2D eigenvalue weighted by Gasteiger charge is 2.01. The van der Waals surface area contributed by atoms with Gasteiger partial charge in [0.25, 0.3) is 0 Å². The predicted molar refractivity (Wildman–Crippen MR) is 55.0 cm³/mol. The summed E-state index contributed by atoms with van der Waals surface area (Å²) in [6.45, 7) is 1.51. The summed E-state index contributed by atoms with van der Waals surface area (Å²) in [6.07, 6.45) is 0.493. The number of amides is 1. The fraction of sp³-hybridized carbons (Fsp3) is 0.444. The summed E-state index contributed by atoms with van der Waals surface area (Å²) in [4.78, 5) is 11.3. The van der Waals surface area contributed by atoms with Crippen LogP contribution in [0.2, 0.25) is 0 Å². The highest BCUT2D eigenvalue weighted by Crippen LogP contribution is 2.05. The second-order valence-electron chi connectivity index (χ2n) is 2.76. The molecule has 0 atom stereocenters. The van der Waals surface area contributed by atoms with Gasteiger partial charge in [-0.15, -0.1) is 0 Å². The number of likely N-dealkylation sites (N-methyl/N-ethyl adjacent to an activating group) is 1. The summed E-state index contributed by atoms with van der Waals surface area (Å²) in [5, 5.41) is 9.77. The monoisotopic (exact) mass is 198 g/mol. The van der Waals surface area contributed by atoms with Gasteiger partial charge in [-0.05, 0) is 29.4 Å². The van der Waals surface area contributed by atoms with E-state index in [9.17, 15) is 4.79 Å². The van der Waals surface area contributed by atoms with E-state index >= 15 is 0 Å². The number of carbonyl (C=O) groups excluding carboxylic acids is 1. The molecule has 0 fully saturated rings. The van der Waals surface area contributed by atoms with Gasteiger partial charge < -0.3 is 10.6 Å². The highest BCUT2D eigenvalue weighted by molar-refractivity contribution is 7.07. The average molecular weight is 198 g/mol. The molecule has 3 nitrogen and oxygen atoms in total. The minimum absolute atomic E-state index is 0.0913. The van der Waals surface area contributed by atoms with Crippen molar-refractivity contribution in [1.82, 2.24) is 10.6 Å².